The van der Waals surface area contributed by atoms with Crippen LogP contribution in [-0.4, -0.2) is 4.98 Å². The van der Waals surface area contributed by atoms with Crippen molar-refractivity contribution in [3.8, 4) is 0 Å². The van der Waals surface area contributed by atoms with Crippen LogP contribution in [0.5, 0.6) is 0 Å². The van der Waals surface area contributed by atoms with Crippen molar-refractivity contribution in [3.05, 3.63) is 57.3 Å². The summed E-state index contributed by atoms with van der Waals surface area (Å²) in [6, 6.07) is 9.86. The molecule has 17 heavy (non-hydrogen) atoms. The minimum atomic E-state index is 0.663. The van der Waals surface area contributed by atoms with E-state index in [1.54, 1.807) is 6.20 Å². The van der Waals surface area contributed by atoms with E-state index in [-0.39, 0.29) is 0 Å². The minimum absolute atomic E-state index is 0.663. The zero-order chi connectivity index (χ0) is 12.3. The van der Waals surface area contributed by atoms with E-state index in [0.29, 0.717) is 6.54 Å². The molecule has 1 aromatic carbocycles. The fraction of sp³-hybridized carbons (Fsp3) is 0.154. The lowest BCUT2D eigenvalue weighted by atomic mass is 10.2. The summed E-state index contributed by atoms with van der Waals surface area (Å²) in [7, 11) is 0. The van der Waals surface area contributed by atoms with E-state index < -0.39 is 0 Å². The van der Waals surface area contributed by atoms with Crippen LogP contribution in [0, 0.1) is 6.92 Å². The predicted molar refractivity (Wildman–Crippen MR) is 75.5 cm³/mol. The first-order valence-corrected chi connectivity index (χ1v) is 6.43. The van der Waals surface area contributed by atoms with E-state index in [1.807, 2.05) is 37.3 Å². The third-order valence-electron chi connectivity index (χ3n) is 2.37. The molecule has 0 aliphatic heterocycles. The molecular weight excluding hydrogens is 300 g/mol. The lowest BCUT2D eigenvalue weighted by Crippen LogP contribution is -2.02. The lowest BCUT2D eigenvalue weighted by Gasteiger charge is -2.08. The van der Waals surface area contributed by atoms with Crippen LogP contribution in [0.2, 0.25) is 5.02 Å². The molecule has 0 bridgehead atoms. The highest BCUT2D eigenvalue weighted by Gasteiger charge is 2.00. The van der Waals surface area contributed by atoms with Gasteiger partial charge in [0, 0.05) is 10.7 Å². The number of hydrogen-bond acceptors (Lipinski definition) is 2. The molecule has 1 aromatic heterocycles. The Labute approximate surface area is 114 Å². The third kappa shape index (κ3) is 3.45. The molecule has 0 aliphatic rings. The molecule has 2 aromatic rings. The summed E-state index contributed by atoms with van der Waals surface area (Å²) in [6.45, 7) is 2.70. The van der Waals surface area contributed by atoms with Crippen molar-refractivity contribution in [1.29, 1.82) is 0 Å². The highest BCUT2D eigenvalue weighted by Crippen LogP contribution is 2.23. The number of anilines is 1. The SMILES string of the molecule is Cc1ccc(Cl)c(NCc2ccc(Br)cn2)c1. The number of hydrogen-bond donors (Lipinski definition) is 1. The molecule has 2 rings (SSSR count). The topological polar surface area (TPSA) is 24.9 Å². The van der Waals surface area contributed by atoms with Gasteiger partial charge in [-0.3, -0.25) is 4.98 Å². The molecule has 0 fully saturated rings. The summed E-state index contributed by atoms with van der Waals surface area (Å²) in [4.78, 5) is 4.29. The molecule has 1 N–H and O–H groups in total. The first kappa shape index (κ1) is 12.4. The number of benzene rings is 1. The Balaban J connectivity index is 2.07. The van der Waals surface area contributed by atoms with Crippen LogP contribution in [0.25, 0.3) is 0 Å². The first-order chi connectivity index (χ1) is 8.15. The summed E-state index contributed by atoms with van der Waals surface area (Å²) in [5.74, 6) is 0. The second kappa shape index (κ2) is 5.52. The van der Waals surface area contributed by atoms with Gasteiger partial charge in [-0.2, -0.15) is 0 Å². The van der Waals surface area contributed by atoms with Crippen molar-refractivity contribution in [2.45, 2.75) is 13.5 Å². The molecule has 0 unspecified atom stereocenters. The van der Waals surface area contributed by atoms with Gasteiger partial charge in [0.25, 0.3) is 0 Å². The molecule has 4 heteroatoms. The Morgan fingerprint density at radius 3 is 2.82 bits per heavy atom. The number of nitrogens with one attached hydrogen (secondary N) is 1. The highest BCUT2D eigenvalue weighted by molar-refractivity contribution is 9.10. The molecule has 0 atom stereocenters. The van der Waals surface area contributed by atoms with Crippen LogP contribution in [0.4, 0.5) is 5.69 Å². The molecule has 1 heterocycles. The number of nitrogens with zero attached hydrogens (tertiary/aromatic N) is 1. The molecule has 88 valence electrons. The molecular formula is C13H12BrClN2. The quantitative estimate of drug-likeness (QED) is 0.907. The van der Waals surface area contributed by atoms with Gasteiger partial charge >= 0.3 is 0 Å². The standard InChI is InChI=1S/C13H12BrClN2/c1-9-2-5-12(15)13(6-9)17-8-11-4-3-10(14)7-16-11/h2-7,17H,8H2,1H3. The van der Waals surface area contributed by atoms with Crippen molar-refractivity contribution < 1.29 is 0 Å². The van der Waals surface area contributed by atoms with E-state index in [0.717, 1.165) is 20.9 Å². The van der Waals surface area contributed by atoms with Gasteiger partial charge in [-0.05, 0) is 52.7 Å². The number of pyridine rings is 1. The van der Waals surface area contributed by atoms with Gasteiger partial charge in [0.15, 0.2) is 0 Å². The first-order valence-electron chi connectivity index (χ1n) is 5.25. The Morgan fingerprint density at radius 1 is 1.29 bits per heavy atom. The molecule has 0 saturated carbocycles. The largest absolute Gasteiger partial charge is 0.378 e. The summed E-state index contributed by atoms with van der Waals surface area (Å²) in [5, 5.41) is 4.01. The van der Waals surface area contributed by atoms with Gasteiger partial charge in [-0.15, -0.1) is 0 Å². The fourth-order valence-corrected chi connectivity index (χ4v) is 1.89. The van der Waals surface area contributed by atoms with E-state index in [4.69, 9.17) is 11.6 Å². The fourth-order valence-electron chi connectivity index (χ4n) is 1.47. The molecule has 0 amide bonds. The number of halogens is 2. The Morgan fingerprint density at radius 2 is 2.12 bits per heavy atom. The molecule has 0 aliphatic carbocycles. The van der Waals surface area contributed by atoms with Crippen LogP contribution in [0.1, 0.15) is 11.3 Å². The minimum Gasteiger partial charge on any atom is -0.378 e. The molecule has 0 radical (unpaired) electrons. The summed E-state index contributed by atoms with van der Waals surface area (Å²) < 4.78 is 0.981. The van der Waals surface area contributed by atoms with Crippen LogP contribution >= 0.6 is 27.5 Å². The zero-order valence-corrected chi connectivity index (χ0v) is 11.7. The average Bonchev–Trinajstić information content (AvgIpc) is 2.32. The maximum Gasteiger partial charge on any atom is 0.0637 e. The molecule has 0 spiro atoms. The van der Waals surface area contributed by atoms with E-state index in [1.165, 1.54) is 5.56 Å². The summed E-state index contributed by atoms with van der Waals surface area (Å²) in [6.07, 6.45) is 1.79. The van der Waals surface area contributed by atoms with Gasteiger partial charge in [0.2, 0.25) is 0 Å². The van der Waals surface area contributed by atoms with E-state index in [2.05, 4.69) is 26.2 Å². The highest BCUT2D eigenvalue weighted by atomic mass is 79.9. The lowest BCUT2D eigenvalue weighted by molar-refractivity contribution is 1.04. The molecule has 2 nitrogen and oxygen atoms in total. The monoisotopic (exact) mass is 310 g/mol. The van der Waals surface area contributed by atoms with Gasteiger partial charge in [0.05, 0.1) is 22.9 Å². The number of aromatic nitrogens is 1. The Hall–Kier alpha value is -1.06. The average molecular weight is 312 g/mol. The second-order valence-corrected chi connectivity index (χ2v) is 5.13. The molecule has 0 saturated heterocycles. The van der Waals surface area contributed by atoms with Gasteiger partial charge in [-0.1, -0.05) is 17.7 Å². The van der Waals surface area contributed by atoms with E-state index in [9.17, 15) is 0 Å². The Bertz CT molecular complexity index is 511. The zero-order valence-electron chi connectivity index (χ0n) is 9.37. The maximum atomic E-state index is 6.10. The van der Waals surface area contributed by atoms with Gasteiger partial charge in [-0.25, -0.2) is 0 Å². The van der Waals surface area contributed by atoms with Crippen molar-refractivity contribution in [1.82, 2.24) is 4.98 Å². The van der Waals surface area contributed by atoms with Crippen LogP contribution in [0.15, 0.2) is 41.0 Å². The van der Waals surface area contributed by atoms with Gasteiger partial charge in [0.1, 0.15) is 0 Å². The van der Waals surface area contributed by atoms with Crippen molar-refractivity contribution >= 4 is 33.2 Å². The summed E-state index contributed by atoms with van der Waals surface area (Å²) in [5.41, 5.74) is 3.10. The maximum absolute atomic E-state index is 6.10. The van der Waals surface area contributed by atoms with Crippen molar-refractivity contribution in [2.24, 2.45) is 0 Å². The number of rotatable bonds is 3. The van der Waals surface area contributed by atoms with E-state index >= 15 is 0 Å². The van der Waals surface area contributed by atoms with Gasteiger partial charge < -0.3 is 5.32 Å². The third-order valence-corrected chi connectivity index (χ3v) is 3.17. The van der Waals surface area contributed by atoms with Crippen LogP contribution in [0.3, 0.4) is 0 Å². The van der Waals surface area contributed by atoms with Crippen molar-refractivity contribution in [3.63, 3.8) is 0 Å². The van der Waals surface area contributed by atoms with Crippen molar-refractivity contribution in [2.75, 3.05) is 5.32 Å². The second-order valence-electron chi connectivity index (χ2n) is 3.80. The summed E-state index contributed by atoms with van der Waals surface area (Å²) >= 11 is 9.46. The Kier molecular flexibility index (Phi) is 4.02. The van der Waals surface area contributed by atoms with Crippen LogP contribution < -0.4 is 5.32 Å². The van der Waals surface area contributed by atoms with Crippen LogP contribution in [-0.2, 0) is 6.54 Å². The number of aryl methyl sites for hydroxylation is 1. The smallest absolute Gasteiger partial charge is 0.0637 e. The predicted octanol–water partition coefficient (Wildman–Crippen LogP) is 4.42. The normalized spacial score (nSPS) is 10.3.